The van der Waals surface area contributed by atoms with Gasteiger partial charge >= 0.3 is 6.18 Å². The summed E-state index contributed by atoms with van der Waals surface area (Å²) in [6.45, 7) is 4.82. The van der Waals surface area contributed by atoms with Gasteiger partial charge in [0.15, 0.2) is 0 Å². The van der Waals surface area contributed by atoms with Gasteiger partial charge in [-0.1, -0.05) is 13.8 Å². The Morgan fingerprint density at radius 3 is 2.60 bits per heavy atom. The highest BCUT2D eigenvalue weighted by Gasteiger charge is 2.31. The van der Waals surface area contributed by atoms with E-state index in [1.54, 1.807) is 6.92 Å². The van der Waals surface area contributed by atoms with Gasteiger partial charge in [0.1, 0.15) is 0 Å². The molecule has 2 N–H and O–H groups in total. The summed E-state index contributed by atoms with van der Waals surface area (Å²) in [7, 11) is 0. The Morgan fingerprint density at radius 1 is 1.40 bits per heavy atom. The van der Waals surface area contributed by atoms with Crippen molar-refractivity contribution in [1.82, 2.24) is 5.32 Å². The van der Waals surface area contributed by atoms with E-state index in [1.807, 2.05) is 6.92 Å². The molecule has 0 radical (unpaired) electrons. The van der Waals surface area contributed by atoms with Crippen molar-refractivity contribution < 1.29 is 18.0 Å². The standard InChI is InChI=1S/C13H16BrF3N2O/c1-3-18-7-8(2)12(20)19-11-6-9(13(15,16)17)4-5-10(11)14/h4-6,8,18H,3,7H2,1-2H3,(H,19,20). The normalized spacial score (nSPS) is 13.1. The smallest absolute Gasteiger partial charge is 0.325 e. The third-order valence-electron chi connectivity index (χ3n) is 2.70. The molecule has 0 bridgehead atoms. The van der Waals surface area contributed by atoms with Crippen LogP contribution in [-0.4, -0.2) is 19.0 Å². The summed E-state index contributed by atoms with van der Waals surface area (Å²) in [5, 5.41) is 5.52. The maximum atomic E-state index is 12.6. The SMILES string of the molecule is CCNCC(C)C(=O)Nc1cc(C(F)(F)F)ccc1Br. The lowest BCUT2D eigenvalue weighted by molar-refractivity contribution is -0.137. The number of anilines is 1. The van der Waals surface area contributed by atoms with Gasteiger partial charge in [-0.3, -0.25) is 4.79 Å². The van der Waals surface area contributed by atoms with E-state index in [9.17, 15) is 18.0 Å². The highest BCUT2D eigenvalue weighted by molar-refractivity contribution is 9.10. The second-order valence-electron chi connectivity index (χ2n) is 4.39. The molecule has 3 nitrogen and oxygen atoms in total. The summed E-state index contributed by atoms with van der Waals surface area (Å²) in [6, 6.07) is 3.15. The van der Waals surface area contributed by atoms with Crippen molar-refractivity contribution in [3.8, 4) is 0 Å². The molecule has 1 rings (SSSR count). The van der Waals surface area contributed by atoms with Crippen LogP contribution < -0.4 is 10.6 Å². The topological polar surface area (TPSA) is 41.1 Å². The second kappa shape index (κ2) is 7.08. The first kappa shape index (κ1) is 17.0. The number of amides is 1. The number of carbonyl (C=O) groups excluding carboxylic acids is 1. The molecule has 1 aromatic rings. The largest absolute Gasteiger partial charge is 0.416 e. The Kier molecular flexibility index (Phi) is 6.01. The van der Waals surface area contributed by atoms with Crippen LogP contribution in [0.5, 0.6) is 0 Å². The van der Waals surface area contributed by atoms with E-state index < -0.39 is 11.7 Å². The van der Waals surface area contributed by atoms with Gasteiger partial charge in [0, 0.05) is 16.9 Å². The van der Waals surface area contributed by atoms with Crippen LogP contribution in [0.25, 0.3) is 0 Å². The number of alkyl halides is 3. The van der Waals surface area contributed by atoms with E-state index >= 15 is 0 Å². The van der Waals surface area contributed by atoms with Crippen molar-refractivity contribution in [2.45, 2.75) is 20.0 Å². The van der Waals surface area contributed by atoms with Crippen molar-refractivity contribution >= 4 is 27.5 Å². The van der Waals surface area contributed by atoms with Crippen molar-refractivity contribution in [2.24, 2.45) is 5.92 Å². The highest BCUT2D eigenvalue weighted by Crippen LogP contribution is 2.34. The first-order valence-corrected chi connectivity index (χ1v) is 6.93. The van der Waals surface area contributed by atoms with Crippen molar-refractivity contribution in [3.63, 3.8) is 0 Å². The van der Waals surface area contributed by atoms with Crippen LogP contribution in [0.3, 0.4) is 0 Å². The van der Waals surface area contributed by atoms with Gasteiger partial charge in [0.25, 0.3) is 0 Å². The molecule has 0 aliphatic rings. The summed E-state index contributed by atoms with van der Waals surface area (Å²) < 4.78 is 38.3. The monoisotopic (exact) mass is 352 g/mol. The number of carbonyl (C=O) groups is 1. The summed E-state index contributed by atoms with van der Waals surface area (Å²) in [4.78, 5) is 11.9. The predicted octanol–water partition coefficient (Wildman–Crippen LogP) is 3.65. The molecule has 7 heteroatoms. The molecule has 0 fully saturated rings. The summed E-state index contributed by atoms with van der Waals surface area (Å²) in [5.41, 5.74) is -0.677. The summed E-state index contributed by atoms with van der Waals surface area (Å²) >= 11 is 3.13. The van der Waals surface area contributed by atoms with Gasteiger partial charge < -0.3 is 10.6 Å². The third-order valence-corrected chi connectivity index (χ3v) is 3.39. The molecule has 0 saturated heterocycles. The van der Waals surface area contributed by atoms with Crippen LogP contribution in [0.4, 0.5) is 18.9 Å². The van der Waals surface area contributed by atoms with Crippen LogP contribution in [-0.2, 0) is 11.0 Å². The van der Waals surface area contributed by atoms with E-state index in [4.69, 9.17) is 0 Å². The van der Waals surface area contributed by atoms with E-state index in [0.717, 1.165) is 18.7 Å². The Hall–Kier alpha value is -1.08. The second-order valence-corrected chi connectivity index (χ2v) is 5.24. The molecule has 0 saturated carbocycles. The molecule has 20 heavy (non-hydrogen) atoms. The Labute approximate surface area is 124 Å². The molecule has 0 heterocycles. The number of nitrogens with one attached hydrogen (secondary N) is 2. The molecule has 112 valence electrons. The average Bonchev–Trinajstić information content (AvgIpc) is 2.37. The lowest BCUT2D eigenvalue weighted by atomic mass is 10.1. The van der Waals surface area contributed by atoms with Gasteiger partial charge in [-0.2, -0.15) is 13.2 Å². The quantitative estimate of drug-likeness (QED) is 0.849. The fourth-order valence-electron chi connectivity index (χ4n) is 1.51. The van der Waals surface area contributed by atoms with Crippen LogP contribution in [0.2, 0.25) is 0 Å². The number of hydrogen-bond donors (Lipinski definition) is 2. The molecular formula is C13H16BrF3N2O. The van der Waals surface area contributed by atoms with Crippen molar-refractivity contribution in [1.29, 1.82) is 0 Å². The zero-order valence-electron chi connectivity index (χ0n) is 11.1. The molecule has 1 aromatic carbocycles. The molecule has 0 aromatic heterocycles. The van der Waals surface area contributed by atoms with Crippen LogP contribution >= 0.6 is 15.9 Å². The summed E-state index contributed by atoms with van der Waals surface area (Å²) in [6.07, 6.45) is -4.43. The maximum Gasteiger partial charge on any atom is 0.416 e. The predicted molar refractivity (Wildman–Crippen MR) is 75.5 cm³/mol. The fourth-order valence-corrected chi connectivity index (χ4v) is 1.85. The first-order chi connectivity index (χ1) is 9.25. The van der Waals surface area contributed by atoms with E-state index in [-0.39, 0.29) is 17.5 Å². The zero-order valence-corrected chi connectivity index (χ0v) is 12.7. The van der Waals surface area contributed by atoms with Crippen molar-refractivity contribution in [2.75, 3.05) is 18.4 Å². The third kappa shape index (κ3) is 4.79. The molecule has 0 aliphatic heterocycles. The molecule has 1 unspecified atom stereocenters. The average molecular weight is 353 g/mol. The minimum absolute atomic E-state index is 0.119. The molecule has 0 aliphatic carbocycles. The number of rotatable bonds is 5. The van der Waals surface area contributed by atoms with Crippen LogP contribution in [0, 0.1) is 5.92 Å². The van der Waals surface area contributed by atoms with Gasteiger partial charge in [-0.05, 0) is 40.7 Å². The van der Waals surface area contributed by atoms with Gasteiger partial charge in [-0.25, -0.2) is 0 Å². The Bertz CT molecular complexity index is 477. The molecular weight excluding hydrogens is 337 g/mol. The van der Waals surface area contributed by atoms with Crippen molar-refractivity contribution in [3.05, 3.63) is 28.2 Å². The van der Waals surface area contributed by atoms with E-state index in [0.29, 0.717) is 11.0 Å². The Balaban J connectivity index is 2.84. The molecule has 1 amide bonds. The molecule has 1 atom stereocenters. The fraction of sp³-hybridized carbons (Fsp3) is 0.462. The number of benzene rings is 1. The lowest BCUT2D eigenvalue weighted by Gasteiger charge is -2.15. The Morgan fingerprint density at radius 2 is 2.05 bits per heavy atom. The maximum absolute atomic E-state index is 12.6. The number of halogens is 4. The first-order valence-electron chi connectivity index (χ1n) is 6.14. The lowest BCUT2D eigenvalue weighted by Crippen LogP contribution is -2.30. The zero-order chi connectivity index (χ0) is 15.3. The number of hydrogen-bond acceptors (Lipinski definition) is 2. The van der Waals surface area contributed by atoms with Crippen LogP contribution in [0.15, 0.2) is 22.7 Å². The van der Waals surface area contributed by atoms with Gasteiger partial charge in [-0.15, -0.1) is 0 Å². The highest BCUT2D eigenvalue weighted by atomic mass is 79.9. The minimum atomic E-state index is -4.43. The van der Waals surface area contributed by atoms with Crippen LogP contribution in [0.1, 0.15) is 19.4 Å². The molecule has 0 spiro atoms. The van der Waals surface area contributed by atoms with E-state index in [2.05, 4.69) is 26.6 Å². The van der Waals surface area contributed by atoms with Gasteiger partial charge in [0.05, 0.1) is 11.3 Å². The van der Waals surface area contributed by atoms with E-state index in [1.165, 1.54) is 6.07 Å². The summed E-state index contributed by atoms with van der Waals surface area (Å²) in [5.74, 6) is -0.664. The van der Waals surface area contributed by atoms with Gasteiger partial charge in [0.2, 0.25) is 5.91 Å². The minimum Gasteiger partial charge on any atom is -0.325 e.